The Balaban J connectivity index is 2.55. The van der Waals surface area contributed by atoms with Crippen LogP contribution in [0.3, 0.4) is 0 Å². The predicted molar refractivity (Wildman–Crippen MR) is 115 cm³/mol. The Morgan fingerprint density at radius 3 is 2.17 bits per heavy atom. The Morgan fingerprint density at radius 2 is 1.63 bits per heavy atom. The van der Waals surface area contributed by atoms with E-state index in [1.54, 1.807) is 47.9 Å². The Morgan fingerprint density at radius 1 is 1.00 bits per heavy atom. The molecule has 3 rings (SSSR count). The lowest BCUT2D eigenvalue weighted by Gasteiger charge is -2.25. The summed E-state index contributed by atoms with van der Waals surface area (Å²) in [5, 5.41) is 21.0. The molecule has 0 unspecified atom stereocenters. The molecule has 0 fully saturated rings. The van der Waals surface area contributed by atoms with Crippen LogP contribution in [0.25, 0.3) is 10.9 Å². The van der Waals surface area contributed by atoms with E-state index in [0.29, 0.717) is 22.5 Å². The van der Waals surface area contributed by atoms with E-state index in [9.17, 15) is 24.6 Å². The second kappa shape index (κ2) is 8.13. The van der Waals surface area contributed by atoms with Crippen molar-refractivity contribution in [3.05, 3.63) is 69.3 Å². The summed E-state index contributed by atoms with van der Waals surface area (Å²) in [6.07, 6.45) is -0.258. The lowest BCUT2D eigenvalue weighted by molar-refractivity contribution is -0.157. The van der Waals surface area contributed by atoms with Crippen molar-refractivity contribution in [3.63, 3.8) is 0 Å². The van der Waals surface area contributed by atoms with Gasteiger partial charge in [-0.3, -0.25) is 14.4 Å². The number of aliphatic carboxylic acids is 2. The van der Waals surface area contributed by atoms with Crippen LogP contribution in [0.1, 0.15) is 41.9 Å². The third-order valence-corrected chi connectivity index (χ3v) is 5.93. The zero-order valence-corrected chi connectivity index (χ0v) is 17.8. The summed E-state index contributed by atoms with van der Waals surface area (Å²) in [6, 6.07) is 11.1. The summed E-state index contributed by atoms with van der Waals surface area (Å²) in [5.74, 6) is -3.64. The maximum absolute atomic E-state index is 13.6. The van der Waals surface area contributed by atoms with Crippen molar-refractivity contribution >= 4 is 51.8 Å². The zero-order valence-electron chi connectivity index (χ0n) is 16.3. The van der Waals surface area contributed by atoms with Gasteiger partial charge in [-0.25, -0.2) is 0 Å². The number of hydrogen-bond acceptors (Lipinski definition) is 3. The zero-order chi connectivity index (χ0) is 22.2. The first-order valence-corrected chi connectivity index (χ1v) is 10.0. The molecular weight excluding hydrogens is 429 g/mol. The monoisotopic (exact) mass is 447 g/mol. The highest BCUT2D eigenvalue weighted by Gasteiger charge is 2.51. The number of carbonyl (C=O) groups is 3. The molecule has 0 atom stereocenters. The summed E-state index contributed by atoms with van der Waals surface area (Å²) in [4.78, 5) is 38.3. The highest BCUT2D eigenvalue weighted by atomic mass is 35.5. The molecule has 0 radical (unpaired) electrons. The van der Waals surface area contributed by atoms with E-state index in [4.69, 9.17) is 23.2 Å². The lowest BCUT2D eigenvalue weighted by atomic mass is 9.75. The maximum atomic E-state index is 13.6. The first-order chi connectivity index (χ1) is 14.2. The fourth-order valence-corrected chi connectivity index (χ4v) is 4.26. The van der Waals surface area contributed by atoms with Crippen molar-refractivity contribution in [1.82, 2.24) is 4.57 Å². The molecule has 3 aromatic rings. The second-order valence-electron chi connectivity index (χ2n) is 6.81. The molecule has 0 amide bonds. The van der Waals surface area contributed by atoms with E-state index in [-0.39, 0.29) is 28.3 Å². The van der Waals surface area contributed by atoms with Gasteiger partial charge in [0.1, 0.15) is 0 Å². The minimum absolute atomic E-state index is 0.0190. The number of aryl methyl sites for hydroxylation is 1. The average Bonchev–Trinajstić information content (AvgIpc) is 3.02. The van der Waals surface area contributed by atoms with Crippen LogP contribution in [0.15, 0.2) is 42.5 Å². The minimum atomic E-state index is -2.32. The fraction of sp³-hybridized carbons (Fsp3) is 0.227. The number of carboxylic acids is 2. The summed E-state index contributed by atoms with van der Waals surface area (Å²) in [7, 11) is 0. The van der Waals surface area contributed by atoms with Gasteiger partial charge in [0.2, 0.25) is 5.78 Å². The smallest absolute Gasteiger partial charge is 0.325 e. The van der Waals surface area contributed by atoms with Crippen LogP contribution in [0, 0.1) is 0 Å². The molecule has 156 valence electrons. The number of ketones is 1. The van der Waals surface area contributed by atoms with E-state index in [0.717, 1.165) is 0 Å². The largest absolute Gasteiger partial charge is 0.480 e. The first kappa shape index (κ1) is 21.9. The van der Waals surface area contributed by atoms with E-state index in [1.807, 2.05) is 0 Å². The average molecular weight is 448 g/mol. The van der Waals surface area contributed by atoms with Crippen LogP contribution in [0.2, 0.25) is 10.0 Å². The molecule has 0 spiro atoms. The highest BCUT2D eigenvalue weighted by molar-refractivity contribution is 6.35. The number of aromatic nitrogens is 1. The Kier molecular flexibility index (Phi) is 5.92. The normalized spacial score (nSPS) is 11.6. The van der Waals surface area contributed by atoms with Gasteiger partial charge in [-0.2, -0.15) is 0 Å². The molecule has 0 bridgehead atoms. The third kappa shape index (κ3) is 3.16. The van der Waals surface area contributed by atoms with Crippen LogP contribution in [0.4, 0.5) is 0 Å². The number of benzene rings is 2. The van der Waals surface area contributed by atoms with Crippen LogP contribution in [0.5, 0.6) is 0 Å². The van der Waals surface area contributed by atoms with E-state index >= 15 is 0 Å². The van der Waals surface area contributed by atoms with Crippen molar-refractivity contribution in [2.45, 2.75) is 32.2 Å². The van der Waals surface area contributed by atoms with Crippen molar-refractivity contribution in [2.24, 2.45) is 0 Å². The Labute approximate surface area is 182 Å². The number of halogens is 2. The van der Waals surface area contributed by atoms with Crippen LogP contribution >= 0.6 is 23.2 Å². The Hall–Kier alpha value is -2.83. The van der Waals surface area contributed by atoms with Crippen molar-refractivity contribution in [2.75, 3.05) is 0 Å². The van der Waals surface area contributed by atoms with Gasteiger partial charge < -0.3 is 14.8 Å². The van der Waals surface area contributed by atoms with E-state index < -0.39 is 23.1 Å². The van der Waals surface area contributed by atoms with Crippen LogP contribution < -0.4 is 0 Å². The highest BCUT2D eigenvalue weighted by Crippen LogP contribution is 2.41. The molecular formula is C22H19Cl2NO5. The molecule has 2 aromatic carbocycles. The topological polar surface area (TPSA) is 96.6 Å². The van der Waals surface area contributed by atoms with Crippen molar-refractivity contribution in [1.29, 1.82) is 0 Å². The molecule has 30 heavy (non-hydrogen) atoms. The van der Waals surface area contributed by atoms with Gasteiger partial charge in [-0.15, -0.1) is 0 Å². The van der Waals surface area contributed by atoms with Gasteiger partial charge in [-0.05, 0) is 37.6 Å². The predicted octanol–water partition coefficient (Wildman–Crippen LogP) is 5.02. The summed E-state index contributed by atoms with van der Waals surface area (Å²) < 4.78 is 1.60. The number of carbonyl (C=O) groups excluding carboxylic acids is 1. The first-order valence-electron chi connectivity index (χ1n) is 9.28. The third-order valence-electron chi connectivity index (χ3n) is 5.36. The number of nitrogens with zero attached hydrogens (tertiary/aromatic N) is 1. The molecule has 0 saturated carbocycles. The molecule has 0 aliphatic heterocycles. The lowest BCUT2D eigenvalue weighted by Crippen LogP contribution is -2.44. The minimum Gasteiger partial charge on any atom is -0.480 e. The van der Waals surface area contributed by atoms with Crippen molar-refractivity contribution < 1.29 is 24.6 Å². The van der Waals surface area contributed by atoms with Crippen LogP contribution in [-0.2, 0) is 21.5 Å². The molecule has 2 N–H and O–H groups in total. The number of carboxylic acid groups (broad SMARTS) is 2. The second-order valence-corrected chi connectivity index (χ2v) is 7.65. The van der Waals surface area contributed by atoms with E-state index in [1.165, 1.54) is 13.0 Å². The molecule has 8 heteroatoms. The number of fused-ring (bicyclic) bond motifs is 1. The molecule has 0 aliphatic rings. The van der Waals surface area contributed by atoms with Gasteiger partial charge >= 0.3 is 11.9 Å². The van der Waals surface area contributed by atoms with Gasteiger partial charge in [0.25, 0.3) is 0 Å². The molecule has 0 saturated heterocycles. The molecule has 1 aromatic heterocycles. The quantitative estimate of drug-likeness (QED) is 0.391. The summed E-state index contributed by atoms with van der Waals surface area (Å²) in [5.41, 5.74) is -1.77. The molecule has 1 heterocycles. The standard InChI is InChI=1S/C22H19Cl2NO5/c1-3-22(20(27)28,21(29)30)17-14-10-9-12(23)11-16(14)25(4-2)18(17)19(26)13-7-5-6-8-15(13)24/h5-11H,3-4H2,1-2H3,(H,27,28)(H,29,30). The molecule has 6 nitrogen and oxygen atoms in total. The van der Waals surface area contributed by atoms with Gasteiger partial charge in [-0.1, -0.05) is 48.3 Å². The van der Waals surface area contributed by atoms with Gasteiger partial charge in [0, 0.05) is 28.1 Å². The SMILES string of the molecule is CCn1c(C(=O)c2ccccc2Cl)c(C(CC)(C(=O)O)C(=O)O)c2ccc(Cl)cc21. The number of hydrogen-bond donors (Lipinski definition) is 2. The van der Waals surface area contributed by atoms with Crippen LogP contribution in [-0.4, -0.2) is 32.5 Å². The fourth-order valence-electron chi connectivity index (χ4n) is 3.88. The van der Waals surface area contributed by atoms with Gasteiger partial charge in [0.05, 0.1) is 16.2 Å². The summed E-state index contributed by atoms with van der Waals surface area (Å²) >= 11 is 12.4. The summed E-state index contributed by atoms with van der Waals surface area (Å²) in [6.45, 7) is 3.54. The Bertz CT molecular complexity index is 1170. The molecule has 0 aliphatic carbocycles. The van der Waals surface area contributed by atoms with E-state index in [2.05, 4.69) is 0 Å². The van der Waals surface area contributed by atoms with Gasteiger partial charge in [0.15, 0.2) is 5.41 Å². The maximum Gasteiger partial charge on any atom is 0.325 e. The number of rotatable bonds is 7. The van der Waals surface area contributed by atoms with Crippen molar-refractivity contribution in [3.8, 4) is 0 Å².